The number of hydrogen-bond acceptors (Lipinski definition) is 6. The number of aromatic nitrogens is 3. The van der Waals surface area contributed by atoms with Crippen LogP contribution in [0.15, 0.2) is 30.5 Å². The molecule has 8 nitrogen and oxygen atoms in total. The molecule has 27 heavy (non-hydrogen) atoms. The number of rotatable bonds is 4. The molecular weight excluding hydrogens is 357 g/mol. The van der Waals surface area contributed by atoms with Gasteiger partial charge in [0, 0.05) is 18.8 Å². The minimum Gasteiger partial charge on any atom is -0.543 e. The van der Waals surface area contributed by atoms with Crippen molar-refractivity contribution in [2.24, 2.45) is 0 Å². The van der Waals surface area contributed by atoms with Crippen molar-refractivity contribution in [3.8, 4) is 0 Å². The molecule has 0 spiro atoms. The van der Waals surface area contributed by atoms with Gasteiger partial charge in [0.1, 0.15) is 5.69 Å². The van der Waals surface area contributed by atoms with Crippen LogP contribution >= 0.6 is 0 Å². The largest absolute Gasteiger partial charge is 1.00 e. The van der Waals surface area contributed by atoms with Crippen LogP contribution in [0.3, 0.4) is 0 Å². The molecule has 0 saturated carbocycles. The van der Waals surface area contributed by atoms with E-state index in [1.807, 2.05) is 29.2 Å². The summed E-state index contributed by atoms with van der Waals surface area (Å²) >= 11 is 0. The quantitative estimate of drug-likeness (QED) is 0.524. The van der Waals surface area contributed by atoms with Crippen molar-refractivity contribution in [3.63, 3.8) is 0 Å². The Hall–Kier alpha value is -1.74. The number of hydrogen-bond donors (Lipinski definition) is 0. The van der Waals surface area contributed by atoms with Crippen LogP contribution in [-0.2, 0) is 11.3 Å². The molecule has 1 aromatic carbocycles. The standard InChI is InChI=1S/C18H21N5O3.Na/c24-17-16-6-1-2-7-21(16)8-9-23(17)14-5-3-4-13(10-14)11-22-12-15(18(25)26)19-20-22;/h3-5,10,12,16H,1-2,6-9,11H2,(H,25,26);/q;+1/p-1. The van der Waals surface area contributed by atoms with Crippen LogP contribution < -0.4 is 39.6 Å². The third-order valence-corrected chi connectivity index (χ3v) is 5.09. The van der Waals surface area contributed by atoms with Gasteiger partial charge < -0.3 is 14.8 Å². The minimum atomic E-state index is -1.35. The maximum atomic E-state index is 12.9. The first-order valence-electron chi connectivity index (χ1n) is 8.88. The number of carbonyl (C=O) groups excluding carboxylic acids is 2. The maximum absolute atomic E-state index is 12.9. The van der Waals surface area contributed by atoms with E-state index < -0.39 is 5.97 Å². The molecule has 0 radical (unpaired) electrons. The van der Waals surface area contributed by atoms with E-state index in [0.717, 1.165) is 37.2 Å². The number of piperazine rings is 1. The van der Waals surface area contributed by atoms with Crippen LogP contribution in [0.2, 0.25) is 0 Å². The number of nitrogens with zero attached hydrogens (tertiary/aromatic N) is 5. The summed E-state index contributed by atoms with van der Waals surface area (Å²) in [4.78, 5) is 27.9. The summed E-state index contributed by atoms with van der Waals surface area (Å²) in [7, 11) is 0. The minimum absolute atomic E-state index is 0. The molecule has 1 unspecified atom stereocenters. The van der Waals surface area contributed by atoms with Gasteiger partial charge in [-0.3, -0.25) is 9.69 Å². The van der Waals surface area contributed by atoms with Gasteiger partial charge in [-0.1, -0.05) is 23.8 Å². The molecule has 2 saturated heterocycles. The molecule has 2 aromatic rings. The molecule has 1 amide bonds. The number of carboxylic acids is 1. The Morgan fingerprint density at radius 3 is 2.85 bits per heavy atom. The van der Waals surface area contributed by atoms with Crippen LogP contribution in [0.1, 0.15) is 35.3 Å². The van der Waals surface area contributed by atoms with Gasteiger partial charge in [0.2, 0.25) is 5.91 Å². The summed E-state index contributed by atoms with van der Waals surface area (Å²) in [5.74, 6) is -1.17. The van der Waals surface area contributed by atoms with Gasteiger partial charge in [0.15, 0.2) is 0 Å². The summed E-state index contributed by atoms with van der Waals surface area (Å²) in [5, 5.41) is 18.2. The first-order valence-corrected chi connectivity index (χ1v) is 8.88. The van der Waals surface area contributed by atoms with E-state index >= 15 is 0 Å². The van der Waals surface area contributed by atoms with Crippen LogP contribution in [0.5, 0.6) is 0 Å². The Kier molecular flexibility index (Phi) is 6.31. The predicted molar refractivity (Wildman–Crippen MR) is 91.5 cm³/mol. The average molecular weight is 377 g/mol. The van der Waals surface area contributed by atoms with Gasteiger partial charge in [0.05, 0.1) is 24.8 Å². The molecule has 0 N–H and O–H groups in total. The van der Waals surface area contributed by atoms with E-state index in [4.69, 9.17) is 0 Å². The third-order valence-electron chi connectivity index (χ3n) is 5.09. The number of carboxylic acid groups (broad SMARTS) is 1. The maximum Gasteiger partial charge on any atom is 1.00 e. The van der Waals surface area contributed by atoms with E-state index in [0.29, 0.717) is 13.1 Å². The number of piperidine rings is 1. The topological polar surface area (TPSA) is 94.4 Å². The van der Waals surface area contributed by atoms with Crippen LogP contribution in [0.4, 0.5) is 5.69 Å². The van der Waals surface area contributed by atoms with E-state index in [9.17, 15) is 14.7 Å². The first kappa shape index (κ1) is 20.0. The number of aromatic carboxylic acids is 1. The summed E-state index contributed by atoms with van der Waals surface area (Å²) in [6.45, 7) is 2.98. The smallest absolute Gasteiger partial charge is 0.543 e. The van der Waals surface area contributed by atoms with Gasteiger partial charge in [0.25, 0.3) is 0 Å². The molecule has 9 heteroatoms. The molecule has 3 heterocycles. The van der Waals surface area contributed by atoms with E-state index in [2.05, 4.69) is 15.2 Å². The van der Waals surface area contributed by atoms with Crippen molar-refractivity contribution in [3.05, 3.63) is 41.7 Å². The van der Waals surface area contributed by atoms with Crippen LogP contribution in [-0.4, -0.2) is 57.4 Å². The SMILES string of the molecule is O=C([O-])c1cn(Cc2cccc(N3CCN4CCCCC4C3=O)c2)nn1.[Na+]. The number of carbonyl (C=O) groups is 2. The van der Waals surface area contributed by atoms with E-state index in [1.54, 1.807) is 0 Å². The molecule has 4 rings (SSSR count). The summed E-state index contributed by atoms with van der Waals surface area (Å²) in [6.07, 6.45) is 4.55. The number of anilines is 1. The Morgan fingerprint density at radius 1 is 1.22 bits per heavy atom. The zero-order valence-corrected chi connectivity index (χ0v) is 17.4. The van der Waals surface area contributed by atoms with Crippen molar-refractivity contribution < 1.29 is 44.3 Å². The fourth-order valence-corrected chi connectivity index (χ4v) is 3.79. The second-order valence-corrected chi connectivity index (χ2v) is 6.80. The van der Waals surface area contributed by atoms with Gasteiger partial charge in [-0.15, -0.1) is 5.10 Å². The van der Waals surface area contributed by atoms with Crippen LogP contribution in [0, 0.1) is 0 Å². The zero-order valence-electron chi connectivity index (χ0n) is 15.4. The van der Waals surface area contributed by atoms with Crippen molar-refractivity contribution in [1.29, 1.82) is 0 Å². The van der Waals surface area contributed by atoms with Crippen molar-refractivity contribution in [2.45, 2.75) is 31.8 Å². The number of benzene rings is 1. The Bertz CT molecular complexity index is 840. The summed E-state index contributed by atoms with van der Waals surface area (Å²) < 4.78 is 1.45. The Morgan fingerprint density at radius 2 is 2.07 bits per heavy atom. The molecule has 0 aliphatic carbocycles. The average Bonchev–Trinajstić information content (AvgIpc) is 3.11. The number of amides is 1. The van der Waals surface area contributed by atoms with Crippen molar-refractivity contribution in [1.82, 2.24) is 19.9 Å². The molecule has 2 aliphatic heterocycles. The molecular formula is C18H20N5NaO3. The molecule has 0 bridgehead atoms. The van der Waals surface area contributed by atoms with Crippen molar-refractivity contribution >= 4 is 17.6 Å². The monoisotopic (exact) mass is 377 g/mol. The van der Waals surface area contributed by atoms with E-state index in [-0.39, 0.29) is 47.2 Å². The van der Waals surface area contributed by atoms with Gasteiger partial charge in [-0.2, -0.15) is 0 Å². The fraction of sp³-hybridized carbons (Fsp3) is 0.444. The second-order valence-electron chi connectivity index (χ2n) is 6.80. The first-order chi connectivity index (χ1) is 12.6. The normalized spacial score (nSPS) is 20.1. The summed E-state index contributed by atoms with van der Waals surface area (Å²) in [5.41, 5.74) is 1.61. The van der Waals surface area contributed by atoms with Gasteiger partial charge in [-0.25, -0.2) is 4.68 Å². The number of fused-ring (bicyclic) bond motifs is 1. The second kappa shape index (κ2) is 8.52. The van der Waals surface area contributed by atoms with Gasteiger partial charge >= 0.3 is 29.6 Å². The molecule has 136 valence electrons. The molecule has 2 aliphatic rings. The molecule has 1 atom stereocenters. The van der Waals surface area contributed by atoms with Crippen molar-refractivity contribution in [2.75, 3.05) is 24.5 Å². The Labute approximate surface area is 179 Å². The third kappa shape index (κ3) is 4.24. The van der Waals surface area contributed by atoms with Gasteiger partial charge in [-0.05, 0) is 37.1 Å². The summed E-state index contributed by atoms with van der Waals surface area (Å²) in [6, 6.07) is 7.72. The zero-order chi connectivity index (χ0) is 18.1. The van der Waals surface area contributed by atoms with E-state index in [1.165, 1.54) is 17.3 Å². The molecule has 1 aromatic heterocycles. The van der Waals surface area contributed by atoms with Crippen LogP contribution in [0.25, 0.3) is 0 Å². The predicted octanol–water partition coefficient (Wildman–Crippen LogP) is -3.10. The fourth-order valence-electron chi connectivity index (χ4n) is 3.79. The Balaban J connectivity index is 0.00000210. The molecule has 2 fully saturated rings.